The maximum atomic E-state index is 12.5. The molecule has 1 aliphatic rings. The van der Waals surface area contributed by atoms with Crippen molar-refractivity contribution in [3.05, 3.63) is 64.2 Å². The van der Waals surface area contributed by atoms with E-state index in [2.05, 4.69) is 55.2 Å². The van der Waals surface area contributed by atoms with Crippen LogP contribution in [0, 0.1) is 13.8 Å². The second kappa shape index (κ2) is 8.24. The lowest BCUT2D eigenvalue weighted by Gasteiger charge is -2.34. The van der Waals surface area contributed by atoms with E-state index >= 15 is 0 Å². The standard InChI is InChI=1S/C21H22BrN5O2/c1-14-3-5-16(6-4-14)24-19-13-15(2)23-21(25-19)27-11-9-26(10-12-27)20(28)17-7-8-18(22)29-17/h3-8,13H,9-12H2,1-2H3,(H,23,24,25). The molecule has 1 aromatic carbocycles. The molecule has 0 spiro atoms. The number of carbonyl (C=O) groups is 1. The predicted octanol–water partition coefficient (Wildman–Crippen LogP) is 4.15. The number of piperazine rings is 1. The quantitative estimate of drug-likeness (QED) is 0.636. The minimum Gasteiger partial charge on any atom is -0.444 e. The van der Waals surface area contributed by atoms with E-state index in [9.17, 15) is 4.79 Å². The van der Waals surface area contributed by atoms with Gasteiger partial charge in [-0.1, -0.05) is 17.7 Å². The topological polar surface area (TPSA) is 74.5 Å². The van der Waals surface area contributed by atoms with Crippen molar-refractivity contribution in [2.24, 2.45) is 0 Å². The van der Waals surface area contributed by atoms with Crippen LogP contribution in [0.4, 0.5) is 17.5 Å². The summed E-state index contributed by atoms with van der Waals surface area (Å²) in [6.07, 6.45) is 0. The van der Waals surface area contributed by atoms with Gasteiger partial charge in [-0.05, 0) is 54.0 Å². The van der Waals surface area contributed by atoms with Gasteiger partial charge in [-0.15, -0.1) is 0 Å². The van der Waals surface area contributed by atoms with E-state index in [4.69, 9.17) is 4.42 Å². The molecule has 1 amide bonds. The van der Waals surface area contributed by atoms with E-state index < -0.39 is 0 Å². The number of benzene rings is 1. The summed E-state index contributed by atoms with van der Waals surface area (Å²) in [6.45, 7) is 6.54. The van der Waals surface area contributed by atoms with Crippen molar-refractivity contribution in [2.75, 3.05) is 36.4 Å². The summed E-state index contributed by atoms with van der Waals surface area (Å²) < 4.78 is 5.94. The number of carbonyl (C=O) groups excluding carboxylic acids is 1. The highest BCUT2D eigenvalue weighted by atomic mass is 79.9. The fraction of sp³-hybridized carbons (Fsp3) is 0.286. The van der Waals surface area contributed by atoms with E-state index in [1.807, 2.05) is 25.1 Å². The van der Waals surface area contributed by atoms with E-state index in [1.165, 1.54) is 5.56 Å². The Hall–Kier alpha value is -2.87. The molecule has 0 unspecified atom stereocenters. The normalized spacial score (nSPS) is 14.2. The van der Waals surface area contributed by atoms with Crippen LogP contribution < -0.4 is 10.2 Å². The summed E-state index contributed by atoms with van der Waals surface area (Å²) in [5.41, 5.74) is 3.09. The lowest BCUT2D eigenvalue weighted by atomic mass is 10.2. The van der Waals surface area contributed by atoms with Crippen LogP contribution in [0.15, 0.2) is 51.6 Å². The molecule has 1 saturated heterocycles. The molecule has 8 heteroatoms. The van der Waals surface area contributed by atoms with Crippen molar-refractivity contribution in [3.63, 3.8) is 0 Å². The first-order chi connectivity index (χ1) is 14.0. The Labute approximate surface area is 177 Å². The van der Waals surface area contributed by atoms with Crippen LogP contribution in [0.1, 0.15) is 21.8 Å². The fourth-order valence-corrected chi connectivity index (χ4v) is 3.54. The van der Waals surface area contributed by atoms with Crippen molar-refractivity contribution in [1.82, 2.24) is 14.9 Å². The summed E-state index contributed by atoms with van der Waals surface area (Å²) in [5.74, 6) is 1.69. The molecule has 0 aliphatic carbocycles. The van der Waals surface area contributed by atoms with Gasteiger partial charge in [0.25, 0.3) is 5.91 Å². The molecule has 0 atom stereocenters. The molecule has 4 rings (SSSR count). The smallest absolute Gasteiger partial charge is 0.289 e. The first-order valence-electron chi connectivity index (χ1n) is 9.47. The lowest BCUT2D eigenvalue weighted by molar-refractivity contribution is 0.0712. The molecule has 2 aromatic heterocycles. The van der Waals surface area contributed by atoms with Gasteiger partial charge in [-0.3, -0.25) is 4.79 Å². The Bertz CT molecular complexity index is 1010. The van der Waals surface area contributed by atoms with Crippen molar-refractivity contribution in [1.29, 1.82) is 0 Å². The molecule has 7 nitrogen and oxygen atoms in total. The SMILES string of the molecule is Cc1ccc(Nc2cc(C)nc(N3CCN(C(=O)c4ccc(Br)o4)CC3)n2)cc1. The predicted molar refractivity (Wildman–Crippen MR) is 116 cm³/mol. The zero-order valence-corrected chi connectivity index (χ0v) is 17.9. The average Bonchev–Trinajstić information content (AvgIpc) is 3.15. The summed E-state index contributed by atoms with van der Waals surface area (Å²) >= 11 is 3.24. The van der Waals surface area contributed by atoms with E-state index in [0.717, 1.165) is 17.2 Å². The van der Waals surface area contributed by atoms with E-state index in [-0.39, 0.29) is 5.91 Å². The average molecular weight is 456 g/mol. The Balaban J connectivity index is 1.43. The highest BCUT2D eigenvalue weighted by Gasteiger charge is 2.25. The van der Waals surface area contributed by atoms with Gasteiger partial charge in [-0.25, -0.2) is 4.98 Å². The number of aromatic nitrogens is 2. The van der Waals surface area contributed by atoms with Crippen molar-refractivity contribution in [2.45, 2.75) is 13.8 Å². The number of nitrogens with zero attached hydrogens (tertiary/aromatic N) is 4. The van der Waals surface area contributed by atoms with Gasteiger partial charge in [0.15, 0.2) is 10.4 Å². The first-order valence-corrected chi connectivity index (χ1v) is 10.3. The van der Waals surface area contributed by atoms with E-state index in [0.29, 0.717) is 42.6 Å². The molecule has 1 aliphatic heterocycles. The monoisotopic (exact) mass is 455 g/mol. The minimum absolute atomic E-state index is 0.0952. The summed E-state index contributed by atoms with van der Waals surface area (Å²) in [4.78, 5) is 25.7. The summed E-state index contributed by atoms with van der Waals surface area (Å²) in [5, 5.41) is 3.34. The Morgan fingerprint density at radius 3 is 2.41 bits per heavy atom. The number of hydrogen-bond acceptors (Lipinski definition) is 6. The second-order valence-corrected chi connectivity index (χ2v) is 7.85. The van der Waals surface area contributed by atoms with Gasteiger partial charge >= 0.3 is 0 Å². The zero-order chi connectivity index (χ0) is 20.4. The molecular weight excluding hydrogens is 434 g/mol. The molecular formula is C21H22BrN5O2. The number of halogens is 1. The molecule has 29 heavy (non-hydrogen) atoms. The molecule has 150 valence electrons. The van der Waals surface area contributed by atoms with Crippen LogP contribution >= 0.6 is 15.9 Å². The number of anilines is 3. The third-order valence-corrected chi connectivity index (χ3v) is 5.23. The maximum Gasteiger partial charge on any atom is 0.289 e. The Morgan fingerprint density at radius 2 is 1.76 bits per heavy atom. The molecule has 0 radical (unpaired) electrons. The molecule has 3 aromatic rings. The summed E-state index contributed by atoms with van der Waals surface area (Å²) in [7, 11) is 0. The van der Waals surface area contributed by atoms with Gasteiger partial charge in [0, 0.05) is 43.6 Å². The van der Waals surface area contributed by atoms with Gasteiger partial charge in [-0.2, -0.15) is 4.98 Å². The Kier molecular flexibility index (Phi) is 5.53. The maximum absolute atomic E-state index is 12.5. The molecule has 0 bridgehead atoms. The number of amides is 1. The fourth-order valence-electron chi connectivity index (χ4n) is 3.24. The zero-order valence-electron chi connectivity index (χ0n) is 16.4. The third kappa shape index (κ3) is 4.59. The van der Waals surface area contributed by atoms with E-state index in [1.54, 1.807) is 17.0 Å². The van der Waals surface area contributed by atoms with Crippen LogP contribution in [0.3, 0.4) is 0 Å². The van der Waals surface area contributed by atoms with Crippen LogP contribution in [0.25, 0.3) is 0 Å². The van der Waals surface area contributed by atoms with Gasteiger partial charge < -0.3 is 19.5 Å². The molecule has 1 N–H and O–H groups in total. The van der Waals surface area contributed by atoms with Gasteiger partial charge in [0.05, 0.1) is 0 Å². The van der Waals surface area contributed by atoms with Gasteiger partial charge in [0.2, 0.25) is 5.95 Å². The number of rotatable bonds is 4. The number of hydrogen-bond donors (Lipinski definition) is 1. The highest BCUT2D eigenvalue weighted by molar-refractivity contribution is 9.10. The molecule has 0 saturated carbocycles. The van der Waals surface area contributed by atoms with Crippen molar-refractivity contribution in [3.8, 4) is 0 Å². The third-order valence-electron chi connectivity index (χ3n) is 4.80. The summed E-state index contributed by atoms with van der Waals surface area (Å²) in [6, 6.07) is 13.5. The van der Waals surface area contributed by atoms with Crippen LogP contribution in [-0.2, 0) is 0 Å². The second-order valence-electron chi connectivity index (χ2n) is 7.07. The van der Waals surface area contributed by atoms with Crippen LogP contribution in [-0.4, -0.2) is 47.0 Å². The molecule has 1 fully saturated rings. The lowest BCUT2D eigenvalue weighted by Crippen LogP contribution is -2.49. The van der Waals surface area contributed by atoms with Gasteiger partial charge in [0.1, 0.15) is 5.82 Å². The minimum atomic E-state index is -0.0952. The van der Waals surface area contributed by atoms with Crippen LogP contribution in [0.2, 0.25) is 0 Å². The van der Waals surface area contributed by atoms with Crippen molar-refractivity contribution >= 4 is 39.3 Å². The first kappa shape index (κ1) is 19.4. The Morgan fingerprint density at radius 1 is 1.03 bits per heavy atom. The number of aryl methyl sites for hydroxylation is 2. The molecule has 3 heterocycles. The van der Waals surface area contributed by atoms with Crippen molar-refractivity contribution < 1.29 is 9.21 Å². The number of nitrogens with one attached hydrogen (secondary N) is 1. The number of furan rings is 1. The highest BCUT2D eigenvalue weighted by Crippen LogP contribution is 2.21. The largest absolute Gasteiger partial charge is 0.444 e. The van der Waals surface area contributed by atoms with Crippen LogP contribution in [0.5, 0.6) is 0 Å².